The highest BCUT2D eigenvalue weighted by molar-refractivity contribution is 6.08. The second-order valence-corrected chi connectivity index (χ2v) is 6.73. The molecule has 0 aliphatic carbocycles. The first-order valence-electron chi connectivity index (χ1n) is 8.06. The minimum Gasteiger partial charge on any atom is -0.341 e. The molecule has 0 atom stereocenters. The molecule has 0 bridgehead atoms. The fourth-order valence-electron chi connectivity index (χ4n) is 3.14. The molecule has 24 heavy (non-hydrogen) atoms. The van der Waals surface area contributed by atoms with E-state index in [0.29, 0.717) is 19.0 Å². The molecule has 1 N–H and O–H groups in total. The van der Waals surface area contributed by atoms with Crippen molar-refractivity contribution in [1.29, 1.82) is 0 Å². The number of amides is 4. The summed E-state index contributed by atoms with van der Waals surface area (Å²) in [6, 6.07) is -0.507. The van der Waals surface area contributed by atoms with Crippen LogP contribution in [0.5, 0.6) is 0 Å². The Kier molecular flexibility index (Phi) is 4.21. The molecule has 2 aliphatic heterocycles. The van der Waals surface area contributed by atoms with E-state index in [-0.39, 0.29) is 18.4 Å². The lowest BCUT2D eigenvalue weighted by atomic mass is 9.94. The van der Waals surface area contributed by atoms with Crippen molar-refractivity contribution in [2.75, 3.05) is 19.6 Å². The molecule has 2 saturated heterocycles. The largest absolute Gasteiger partial charge is 0.341 e. The first-order valence-corrected chi connectivity index (χ1v) is 8.06. The molecule has 0 unspecified atom stereocenters. The molecular formula is C16H21N5O3. The SMILES string of the molecule is CC1(C)NC(=O)N(CC(=O)N2CCC(c3cnccn3)CC2)C1=O. The van der Waals surface area contributed by atoms with Gasteiger partial charge in [0.05, 0.1) is 5.69 Å². The number of nitrogens with zero attached hydrogens (tertiary/aromatic N) is 4. The molecule has 4 amide bonds. The summed E-state index contributed by atoms with van der Waals surface area (Å²) < 4.78 is 0. The van der Waals surface area contributed by atoms with E-state index in [4.69, 9.17) is 0 Å². The third-order valence-corrected chi connectivity index (χ3v) is 4.59. The third-order valence-electron chi connectivity index (χ3n) is 4.59. The molecule has 0 spiro atoms. The summed E-state index contributed by atoms with van der Waals surface area (Å²) >= 11 is 0. The maximum absolute atomic E-state index is 12.4. The fraction of sp³-hybridized carbons (Fsp3) is 0.562. The van der Waals surface area contributed by atoms with Crippen LogP contribution in [0.25, 0.3) is 0 Å². The number of aromatic nitrogens is 2. The highest BCUT2D eigenvalue weighted by Gasteiger charge is 2.45. The van der Waals surface area contributed by atoms with E-state index in [2.05, 4.69) is 15.3 Å². The number of carbonyl (C=O) groups is 3. The number of nitrogens with one attached hydrogen (secondary N) is 1. The van der Waals surface area contributed by atoms with Crippen LogP contribution in [0.1, 0.15) is 38.3 Å². The zero-order valence-electron chi connectivity index (χ0n) is 13.9. The van der Waals surface area contributed by atoms with Gasteiger partial charge in [0.2, 0.25) is 5.91 Å². The molecular weight excluding hydrogens is 310 g/mol. The topological polar surface area (TPSA) is 95.5 Å². The van der Waals surface area contributed by atoms with Crippen molar-refractivity contribution in [3.8, 4) is 0 Å². The van der Waals surface area contributed by atoms with Crippen LogP contribution in [0.2, 0.25) is 0 Å². The Morgan fingerprint density at radius 2 is 2.00 bits per heavy atom. The van der Waals surface area contributed by atoms with E-state index >= 15 is 0 Å². The average Bonchev–Trinajstić information content (AvgIpc) is 2.77. The number of carbonyl (C=O) groups excluding carboxylic acids is 3. The van der Waals surface area contributed by atoms with Crippen molar-refractivity contribution < 1.29 is 14.4 Å². The predicted molar refractivity (Wildman–Crippen MR) is 84.9 cm³/mol. The quantitative estimate of drug-likeness (QED) is 0.814. The number of rotatable bonds is 3. The summed E-state index contributed by atoms with van der Waals surface area (Å²) in [4.78, 5) is 47.5. The van der Waals surface area contributed by atoms with Crippen molar-refractivity contribution in [2.45, 2.75) is 38.1 Å². The van der Waals surface area contributed by atoms with Gasteiger partial charge in [0, 0.05) is 37.6 Å². The van der Waals surface area contributed by atoms with Crippen LogP contribution in [0.4, 0.5) is 4.79 Å². The molecule has 2 fully saturated rings. The van der Waals surface area contributed by atoms with Crippen molar-refractivity contribution in [3.05, 3.63) is 24.3 Å². The summed E-state index contributed by atoms with van der Waals surface area (Å²) in [7, 11) is 0. The Labute approximate surface area is 140 Å². The number of urea groups is 1. The van der Waals surface area contributed by atoms with Crippen LogP contribution in [0.15, 0.2) is 18.6 Å². The Morgan fingerprint density at radius 3 is 2.54 bits per heavy atom. The molecule has 1 aromatic rings. The molecule has 0 aromatic carbocycles. The zero-order valence-corrected chi connectivity index (χ0v) is 13.9. The molecule has 1 aromatic heterocycles. The maximum atomic E-state index is 12.4. The van der Waals surface area contributed by atoms with E-state index < -0.39 is 11.6 Å². The number of hydrogen-bond acceptors (Lipinski definition) is 5. The molecule has 128 valence electrons. The van der Waals surface area contributed by atoms with Gasteiger partial charge in [-0.15, -0.1) is 0 Å². The van der Waals surface area contributed by atoms with Crippen molar-refractivity contribution in [3.63, 3.8) is 0 Å². The number of imide groups is 1. The smallest absolute Gasteiger partial charge is 0.325 e. The molecule has 8 nitrogen and oxygen atoms in total. The maximum Gasteiger partial charge on any atom is 0.325 e. The average molecular weight is 331 g/mol. The molecule has 0 saturated carbocycles. The summed E-state index contributed by atoms with van der Waals surface area (Å²) in [5.74, 6) is -0.275. The molecule has 2 aliphatic rings. The van der Waals surface area contributed by atoms with Gasteiger partial charge in [0.15, 0.2) is 0 Å². The lowest BCUT2D eigenvalue weighted by molar-refractivity contribution is -0.139. The Morgan fingerprint density at radius 1 is 1.29 bits per heavy atom. The van der Waals surface area contributed by atoms with Gasteiger partial charge in [-0.3, -0.25) is 24.5 Å². The molecule has 0 radical (unpaired) electrons. The van der Waals surface area contributed by atoms with Gasteiger partial charge >= 0.3 is 6.03 Å². The lowest BCUT2D eigenvalue weighted by Gasteiger charge is -2.32. The number of piperidine rings is 1. The molecule has 8 heteroatoms. The van der Waals surface area contributed by atoms with Crippen LogP contribution in [-0.4, -0.2) is 62.8 Å². The predicted octanol–water partition coefficient (Wildman–Crippen LogP) is 0.513. The summed E-state index contributed by atoms with van der Waals surface area (Å²) in [5, 5.41) is 2.58. The van der Waals surface area contributed by atoms with Crippen molar-refractivity contribution in [1.82, 2.24) is 25.1 Å². The first-order chi connectivity index (χ1) is 11.4. The monoisotopic (exact) mass is 331 g/mol. The third kappa shape index (κ3) is 3.08. The second-order valence-electron chi connectivity index (χ2n) is 6.73. The number of likely N-dealkylation sites (tertiary alicyclic amines) is 1. The fourth-order valence-corrected chi connectivity index (χ4v) is 3.14. The van der Waals surface area contributed by atoms with Crippen molar-refractivity contribution >= 4 is 17.8 Å². The van der Waals surface area contributed by atoms with E-state index in [1.165, 1.54) is 0 Å². The minimum absolute atomic E-state index is 0.200. The highest BCUT2D eigenvalue weighted by Crippen LogP contribution is 2.26. The van der Waals surface area contributed by atoms with Gasteiger partial charge in [-0.2, -0.15) is 0 Å². The van der Waals surface area contributed by atoms with Crippen LogP contribution >= 0.6 is 0 Å². The van der Waals surface area contributed by atoms with Gasteiger partial charge in [-0.1, -0.05) is 0 Å². The number of hydrogen-bond donors (Lipinski definition) is 1. The minimum atomic E-state index is -0.948. The van der Waals surface area contributed by atoms with Crippen LogP contribution in [0.3, 0.4) is 0 Å². The van der Waals surface area contributed by atoms with Gasteiger partial charge in [-0.25, -0.2) is 4.79 Å². The van der Waals surface area contributed by atoms with E-state index in [9.17, 15) is 14.4 Å². The molecule has 3 heterocycles. The summed E-state index contributed by atoms with van der Waals surface area (Å²) in [6.07, 6.45) is 6.68. The summed E-state index contributed by atoms with van der Waals surface area (Å²) in [5.41, 5.74) is -0.00322. The Balaban J connectivity index is 1.56. The van der Waals surface area contributed by atoms with Gasteiger partial charge in [0.25, 0.3) is 5.91 Å². The van der Waals surface area contributed by atoms with Crippen LogP contribution < -0.4 is 5.32 Å². The first kappa shape index (κ1) is 16.4. The van der Waals surface area contributed by atoms with Crippen LogP contribution in [0, 0.1) is 0 Å². The standard InChI is InChI=1S/C16H21N5O3/c1-16(2)14(23)21(15(24)19-16)10-13(22)20-7-3-11(4-8-20)12-9-17-5-6-18-12/h5-6,9,11H,3-4,7-8,10H2,1-2H3,(H,19,24). The van der Waals surface area contributed by atoms with E-state index in [1.807, 2.05) is 0 Å². The van der Waals surface area contributed by atoms with Gasteiger partial charge in [-0.05, 0) is 26.7 Å². The Bertz CT molecular complexity index is 653. The Hall–Kier alpha value is -2.51. The lowest BCUT2D eigenvalue weighted by Crippen LogP contribution is -2.46. The second kappa shape index (κ2) is 6.18. The van der Waals surface area contributed by atoms with E-state index in [0.717, 1.165) is 23.4 Å². The van der Waals surface area contributed by atoms with Crippen molar-refractivity contribution in [2.24, 2.45) is 0 Å². The summed E-state index contributed by atoms with van der Waals surface area (Å²) in [6.45, 7) is 4.23. The zero-order chi connectivity index (χ0) is 17.3. The van der Waals surface area contributed by atoms with Gasteiger partial charge in [0.1, 0.15) is 12.1 Å². The van der Waals surface area contributed by atoms with Crippen LogP contribution in [-0.2, 0) is 9.59 Å². The normalized spacial score (nSPS) is 21.1. The molecule has 3 rings (SSSR count). The van der Waals surface area contributed by atoms with E-state index in [1.54, 1.807) is 37.3 Å². The highest BCUT2D eigenvalue weighted by atomic mass is 16.2. The van der Waals surface area contributed by atoms with Gasteiger partial charge < -0.3 is 10.2 Å².